The summed E-state index contributed by atoms with van der Waals surface area (Å²) >= 11 is 0. The quantitative estimate of drug-likeness (QED) is 0.846. The number of nitrogens with one attached hydrogen (secondary N) is 1. The Bertz CT molecular complexity index is 449. The Hall–Kier alpha value is -1.39. The highest BCUT2D eigenvalue weighted by Gasteiger charge is 2.34. The summed E-state index contributed by atoms with van der Waals surface area (Å²) in [7, 11) is 0. The van der Waals surface area contributed by atoms with Crippen LogP contribution < -0.4 is 11.1 Å². The maximum absolute atomic E-state index is 12.5. The fourth-order valence-corrected chi connectivity index (χ4v) is 3.44. The van der Waals surface area contributed by atoms with Gasteiger partial charge in [0.2, 0.25) is 5.91 Å². The third-order valence-electron chi connectivity index (χ3n) is 4.63. The summed E-state index contributed by atoms with van der Waals surface area (Å²) in [6.45, 7) is 5.71. The van der Waals surface area contributed by atoms with Crippen LogP contribution in [0.15, 0.2) is 30.3 Å². The summed E-state index contributed by atoms with van der Waals surface area (Å²) < 4.78 is 0. The van der Waals surface area contributed by atoms with Crippen molar-refractivity contribution in [3.8, 4) is 0 Å². The number of benzene rings is 1. The van der Waals surface area contributed by atoms with Gasteiger partial charge in [-0.2, -0.15) is 0 Å². The SMILES string of the molecule is CCN(C(C)C(=O)Nc1ccccc1)C1CCCC1CN. The molecule has 3 N–H and O–H groups in total. The molecule has 1 amide bonds. The average molecular weight is 289 g/mol. The second kappa shape index (κ2) is 7.57. The van der Waals surface area contributed by atoms with Gasteiger partial charge >= 0.3 is 0 Å². The fraction of sp³-hybridized carbons (Fsp3) is 0.588. The molecule has 0 aromatic heterocycles. The first kappa shape index (κ1) is 16.0. The third-order valence-corrected chi connectivity index (χ3v) is 4.63. The standard InChI is InChI=1S/C17H27N3O/c1-3-20(16-11-7-8-14(16)12-18)13(2)17(21)19-15-9-5-4-6-10-15/h4-6,9-10,13-14,16H,3,7-8,11-12,18H2,1-2H3,(H,19,21). The van der Waals surface area contributed by atoms with Gasteiger partial charge in [0.15, 0.2) is 0 Å². The Morgan fingerprint density at radius 2 is 2.10 bits per heavy atom. The molecule has 1 aliphatic carbocycles. The summed E-state index contributed by atoms with van der Waals surface area (Å²) in [6, 6.07) is 9.95. The number of rotatable bonds is 6. The lowest BCUT2D eigenvalue weighted by Crippen LogP contribution is -2.50. The molecule has 3 atom stereocenters. The number of nitrogens with two attached hydrogens (primary N) is 1. The highest BCUT2D eigenvalue weighted by Crippen LogP contribution is 2.30. The summed E-state index contributed by atoms with van der Waals surface area (Å²) in [5.74, 6) is 0.586. The lowest BCUT2D eigenvalue weighted by atomic mass is 10.0. The van der Waals surface area contributed by atoms with Gasteiger partial charge in [0, 0.05) is 11.7 Å². The van der Waals surface area contributed by atoms with Crippen LogP contribution in [0.4, 0.5) is 5.69 Å². The highest BCUT2D eigenvalue weighted by molar-refractivity contribution is 5.94. The molecule has 0 spiro atoms. The average Bonchev–Trinajstić information content (AvgIpc) is 2.97. The molecule has 4 nitrogen and oxygen atoms in total. The van der Waals surface area contributed by atoms with Crippen LogP contribution in [-0.4, -0.2) is 36.0 Å². The molecular weight excluding hydrogens is 262 g/mol. The van der Waals surface area contributed by atoms with Gasteiger partial charge in [-0.15, -0.1) is 0 Å². The molecule has 4 heteroatoms. The summed E-state index contributed by atoms with van der Waals surface area (Å²) in [6.07, 6.45) is 3.55. The zero-order chi connectivity index (χ0) is 15.2. The predicted octanol–water partition coefficient (Wildman–Crippen LogP) is 2.46. The van der Waals surface area contributed by atoms with Crippen LogP contribution in [0, 0.1) is 5.92 Å². The molecule has 3 unspecified atom stereocenters. The molecule has 1 aromatic rings. The normalized spacial score (nSPS) is 23.2. The Balaban J connectivity index is 2.02. The van der Waals surface area contributed by atoms with Gasteiger partial charge in [-0.3, -0.25) is 9.69 Å². The largest absolute Gasteiger partial charge is 0.330 e. The zero-order valence-corrected chi connectivity index (χ0v) is 13.1. The van der Waals surface area contributed by atoms with Gasteiger partial charge in [-0.1, -0.05) is 31.5 Å². The van der Waals surface area contributed by atoms with Crippen molar-refractivity contribution in [2.75, 3.05) is 18.4 Å². The lowest BCUT2D eigenvalue weighted by Gasteiger charge is -2.35. The maximum Gasteiger partial charge on any atom is 0.241 e. The predicted molar refractivity (Wildman–Crippen MR) is 87.1 cm³/mol. The van der Waals surface area contributed by atoms with Crippen LogP contribution >= 0.6 is 0 Å². The number of anilines is 1. The molecule has 1 fully saturated rings. The van der Waals surface area contributed by atoms with Crippen molar-refractivity contribution in [1.29, 1.82) is 0 Å². The van der Waals surface area contributed by atoms with Crippen molar-refractivity contribution in [2.45, 2.75) is 45.2 Å². The first-order chi connectivity index (χ1) is 10.2. The molecule has 116 valence electrons. The van der Waals surface area contributed by atoms with E-state index in [1.807, 2.05) is 37.3 Å². The molecule has 1 saturated carbocycles. The molecule has 0 aliphatic heterocycles. The number of hydrogen-bond donors (Lipinski definition) is 2. The van der Waals surface area contributed by atoms with E-state index in [4.69, 9.17) is 5.73 Å². The fourth-order valence-electron chi connectivity index (χ4n) is 3.44. The molecule has 21 heavy (non-hydrogen) atoms. The van der Waals surface area contributed by atoms with Crippen molar-refractivity contribution in [3.63, 3.8) is 0 Å². The molecular formula is C17H27N3O. The van der Waals surface area contributed by atoms with E-state index in [0.29, 0.717) is 18.5 Å². The van der Waals surface area contributed by atoms with E-state index in [-0.39, 0.29) is 11.9 Å². The van der Waals surface area contributed by atoms with E-state index in [1.165, 1.54) is 12.8 Å². The summed E-state index contributed by atoms with van der Waals surface area (Å²) in [4.78, 5) is 14.8. The minimum absolute atomic E-state index is 0.0609. The lowest BCUT2D eigenvalue weighted by molar-refractivity contribution is -0.121. The minimum Gasteiger partial charge on any atom is -0.330 e. The van der Waals surface area contributed by atoms with E-state index in [2.05, 4.69) is 17.1 Å². The number of nitrogens with zero attached hydrogens (tertiary/aromatic N) is 1. The van der Waals surface area contributed by atoms with Gasteiger partial charge in [0.25, 0.3) is 0 Å². The van der Waals surface area contributed by atoms with Crippen molar-refractivity contribution >= 4 is 11.6 Å². The van der Waals surface area contributed by atoms with Gasteiger partial charge in [-0.05, 0) is 50.9 Å². The molecule has 0 saturated heterocycles. The second-order valence-electron chi connectivity index (χ2n) is 5.86. The van der Waals surface area contributed by atoms with E-state index >= 15 is 0 Å². The monoisotopic (exact) mass is 289 g/mol. The Kier molecular flexibility index (Phi) is 5.76. The molecule has 0 bridgehead atoms. The topological polar surface area (TPSA) is 58.4 Å². The zero-order valence-electron chi connectivity index (χ0n) is 13.1. The number of hydrogen-bond acceptors (Lipinski definition) is 3. The third kappa shape index (κ3) is 3.83. The van der Waals surface area contributed by atoms with Crippen LogP contribution in [0.2, 0.25) is 0 Å². The number of likely N-dealkylation sites (N-methyl/N-ethyl adjacent to an activating group) is 1. The summed E-state index contributed by atoms with van der Waals surface area (Å²) in [5, 5.41) is 3.00. The van der Waals surface area contributed by atoms with E-state index in [0.717, 1.165) is 18.7 Å². The van der Waals surface area contributed by atoms with Crippen molar-refractivity contribution in [2.24, 2.45) is 11.7 Å². The van der Waals surface area contributed by atoms with Gasteiger partial charge in [-0.25, -0.2) is 0 Å². The first-order valence-corrected chi connectivity index (χ1v) is 7.99. The van der Waals surface area contributed by atoms with Crippen LogP contribution in [0.5, 0.6) is 0 Å². The maximum atomic E-state index is 12.5. The van der Waals surface area contributed by atoms with Crippen molar-refractivity contribution in [3.05, 3.63) is 30.3 Å². The van der Waals surface area contributed by atoms with Gasteiger partial charge in [0.05, 0.1) is 6.04 Å². The molecule has 0 heterocycles. The van der Waals surface area contributed by atoms with Crippen LogP contribution in [0.25, 0.3) is 0 Å². The van der Waals surface area contributed by atoms with Crippen LogP contribution in [-0.2, 0) is 4.79 Å². The smallest absolute Gasteiger partial charge is 0.241 e. The Labute approximate surface area is 127 Å². The van der Waals surface area contributed by atoms with E-state index in [1.54, 1.807) is 0 Å². The first-order valence-electron chi connectivity index (χ1n) is 7.99. The van der Waals surface area contributed by atoms with Crippen molar-refractivity contribution < 1.29 is 4.79 Å². The number of carbonyl (C=O) groups excluding carboxylic acids is 1. The van der Waals surface area contributed by atoms with Gasteiger partial charge in [0.1, 0.15) is 0 Å². The second-order valence-corrected chi connectivity index (χ2v) is 5.86. The van der Waals surface area contributed by atoms with Gasteiger partial charge < -0.3 is 11.1 Å². The number of para-hydroxylation sites is 1. The minimum atomic E-state index is -0.132. The molecule has 0 radical (unpaired) electrons. The Morgan fingerprint density at radius 1 is 1.38 bits per heavy atom. The Morgan fingerprint density at radius 3 is 2.71 bits per heavy atom. The molecule has 1 aliphatic rings. The molecule has 1 aromatic carbocycles. The summed E-state index contributed by atoms with van der Waals surface area (Å²) in [5.41, 5.74) is 6.74. The molecule has 2 rings (SSSR count). The number of amides is 1. The van der Waals surface area contributed by atoms with Crippen LogP contribution in [0.3, 0.4) is 0 Å². The van der Waals surface area contributed by atoms with Crippen molar-refractivity contribution in [1.82, 2.24) is 4.90 Å². The van der Waals surface area contributed by atoms with E-state index < -0.39 is 0 Å². The van der Waals surface area contributed by atoms with E-state index in [9.17, 15) is 4.79 Å². The highest BCUT2D eigenvalue weighted by atomic mass is 16.2. The van der Waals surface area contributed by atoms with Crippen LogP contribution in [0.1, 0.15) is 33.1 Å². The number of carbonyl (C=O) groups is 1.